The highest BCUT2D eigenvalue weighted by Crippen LogP contribution is 2.30. The molecule has 1 N–H and O–H groups in total. The lowest BCUT2D eigenvalue weighted by Crippen LogP contribution is -2.37. The highest BCUT2D eigenvalue weighted by molar-refractivity contribution is 7.99. The fourth-order valence-electron chi connectivity index (χ4n) is 3.47. The summed E-state index contributed by atoms with van der Waals surface area (Å²) in [5, 5.41) is 12.5. The Labute approximate surface area is 179 Å². The highest BCUT2D eigenvalue weighted by Gasteiger charge is 2.21. The van der Waals surface area contributed by atoms with Gasteiger partial charge in [0.1, 0.15) is 11.6 Å². The molecule has 1 unspecified atom stereocenters. The van der Waals surface area contributed by atoms with Crippen LogP contribution in [0.15, 0.2) is 23.4 Å². The minimum absolute atomic E-state index is 0.0245. The maximum Gasteiger partial charge on any atom is 0.230 e. The van der Waals surface area contributed by atoms with Gasteiger partial charge in [-0.1, -0.05) is 42.6 Å². The van der Waals surface area contributed by atoms with Crippen molar-refractivity contribution in [1.29, 1.82) is 0 Å². The molecular formula is C20H26ClFN4O2S. The Kier molecular flexibility index (Phi) is 7.77. The molecule has 1 atom stereocenters. The molecule has 1 aromatic carbocycles. The molecule has 1 fully saturated rings. The van der Waals surface area contributed by atoms with Crippen molar-refractivity contribution in [2.75, 3.05) is 5.75 Å². The number of hydrogen-bond donors (Lipinski definition) is 1. The zero-order chi connectivity index (χ0) is 20.8. The third-order valence-electron chi connectivity index (χ3n) is 4.93. The summed E-state index contributed by atoms with van der Waals surface area (Å²) >= 11 is 7.41. The molecule has 1 aromatic heterocycles. The Morgan fingerprint density at radius 3 is 2.83 bits per heavy atom. The number of amides is 1. The van der Waals surface area contributed by atoms with Crippen LogP contribution in [0.5, 0.6) is 5.75 Å². The van der Waals surface area contributed by atoms with Crippen LogP contribution in [0.25, 0.3) is 0 Å². The Morgan fingerprint density at radius 2 is 2.14 bits per heavy atom. The first kappa shape index (κ1) is 21.9. The number of halogens is 2. The van der Waals surface area contributed by atoms with E-state index in [9.17, 15) is 9.18 Å². The van der Waals surface area contributed by atoms with Gasteiger partial charge in [0.15, 0.2) is 17.1 Å². The van der Waals surface area contributed by atoms with E-state index in [1.165, 1.54) is 49.2 Å². The van der Waals surface area contributed by atoms with Crippen LogP contribution in [0.1, 0.15) is 57.9 Å². The van der Waals surface area contributed by atoms with E-state index >= 15 is 0 Å². The molecule has 0 spiro atoms. The average Bonchev–Trinajstić information content (AvgIpc) is 3.12. The number of nitrogens with one attached hydrogen (secondary N) is 1. The number of ether oxygens (including phenoxy) is 1. The largest absolute Gasteiger partial charge is 0.481 e. The van der Waals surface area contributed by atoms with E-state index in [1.807, 2.05) is 18.4 Å². The summed E-state index contributed by atoms with van der Waals surface area (Å²) in [6.07, 6.45) is 5.31. The summed E-state index contributed by atoms with van der Waals surface area (Å²) in [4.78, 5) is 12.3. The Balaban J connectivity index is 1.60. The van der Waals surface area contributed by atoms with Crippen molar-refractivity contribution >= 4 is 29.3 Å². The maximum atomic E-state index is 13.2. The first-order chi connectivity index (χ1) is 14.0. The molecule has 6 nitrogen and oxygen atoms in total. The summed E-state index contributed by atoms with van der Waals surface area (Å²) in [5.41, 5.74) is 0. The van der Waals surface area contributed by atoms with Gasteiger partial charge in [0.2, 0.25) is 5.91 Å². The molecule has 1 aliphatic carbocycles. The highest BCUT2D eigenvalue weighted by atomic mass is 35.5. The van der Waals surface area contributed by atoms with Gasteiger partial charge < -0.3 is 14.6 Å². The molecule has 0 radical (unpaired) electrons. The summed E-state index contributed by atoms with van der Waals surface area (Å²) in [6, 6.07) is 4.29. The number of thioether (sulfide) groups is 1. The second-order valence-electron chi connectivity index (χ2n) is 7.11. The molecule has 29 heavy (non-hydrogen) atoms. The van der Waals surface area contributed by atoms with Gasteiger partial charge in [-0.2, -0.15) is 0 Å². The van der Waals surface area contributed by atoms with E-state index in [-0.39, 0.29) is 10.9 Å². The molecule has 1 saturated carbocycles. The van der Waals surface area contributed by atoms with Crippen LogP contribution in [-0.4, -0.2) is 32.5 Å². The van der Waals surface area contributed by atoms with Gasteiger partial charge in [-0.25, -0.2) is 4.39 Å². The minimum Gasteiger partial charge on any atom is -0.481 e. The summed E-state index contributed by atoms with van der Waals surface area (Å²) in [5.74, 6) is 0.914. The molecule has 0 aliphatic heterocycles. The van der Waals surface area contributed by atoms with Gasteiger partial charge in [-0.15, -0.1) is 10.2 Å². The molecule has 1 heterocycles. The van der Waals surface area contributed by atoms with Crippen LogP contribution >= 0.6 is 23.4 Å². The van der Waals surface area contributed by atoms with Crippen molar-refractivity contribution in [2.45, 2.75) is 69.8 Å². The number of aromatic nitrogens is 3. The summed E-state index contributed by atoms with van der Waals surface area (Å²) < 4.78 is 21.0. The van der Waals surface area contributed by atoms with Gasteiger partial charge in [-0.05, 0) is 44.9 Å². The van der Waals surface area contributed by atoms with Crippen molar-refractivity contribution in [3.63, 3.8) is 0 Å². The molecular weight excluding hydrogens is 415 g/mol. The molecule has 1 aliphatic rings. The number of hydrogen-bond acceptors (Lipinski definition) is 5. The van der Waals surface area contributed by atoms with E-state index in [1.54, 1.807) is 0 Å². The standard InChI is InChI=1S/C20H26ClFN4O2S/c1-3-26-19(13(2)28-17-10-9-14(22)11-16(17)21)24-25-20(26)29-12-18(27)23-15-7-5-4-6-8-15/h9-11,13,15H,3-8,12H2,1-2H3,(H,23,27). The van der Waals surface area contributed by atoms with Crippen LogP contribution in [0.4, 0.5) is 4.39 Å². The van der Waals surface area contributed by atoms with E-state index in [2.05, 4.69) is 15.5 Å². The maximum absolute atomic E-state index is 13.2. The van der Waals surface area contributed by atoms with Gasteiger partial charge in [0.25, 0.3) is 0 Å². The molecule has 158 valence electrons. The van der Waals surface area contributed by atoms with E-state index in [4.69, 9.17) is 16.3 Å². The third kappa shape index (κ3) is 5.85. The number of rotatable bonds is 8. The van der Waals surface area contributed by atoms with E-state index in [0.29, 0.717) is 35.1 Å². The number of nitrogens with zero attached hydrogens (tertiary/aromatic N) is 3. The molecule has 0 bridgehead atoms. The SMILES string of the molecule is CCn1c(SCC(=O)NC2CCCCC2)nnc1C(C)Oc1ccc(F)cc1Cl. The van der Waals surface area contributed by atoms with Crippen molar-refractivity contribution < 1.29 is 13.9 Å². The normalized spacial score (nSPS) is 15.9. The Hall–Kier alpha value is -1.80. The van der Waals surface area contributed by atoms with Crippen LogP contribution in [0.3, 0.4) is 0 Å². The van der Waals surface area contributed by atoms with Gasteiger partial charge >= 0.3 is 0 Å². The fraction of sp³-hybridized carbons (Fsp3) is 0.550. The monoisotopic (exact) mass is 440 g/mol. The lowest BCUT2D eigenvalue weighted by molar-refractivity contribution is -0.119. The van der Waals surface area contributed by atoms with Crippen molar-refractivity contribution in [3.05, 3.63) is 34.9 Å². The first-order valence-corrected chi connectivity index (χ1v) is 11.3. The summed E-state index contributed by atoms with van der Waals surface area (Å²) in [7, 11) is 0. The van der Waals surface area contributed by atoms with Gasteiger partial charge in [0.05, 0.1) is 10.8 Å². The second-order valence-corrected chi connectivity index (χ2v) is 8.46. The number of carbonyl (C=O) groups is 1. The number of carbonyl (C=O) groups excluding carboxylic acids is 1. The van der Waals surface area contributed by atoms with Crippen LogP contribution in [0.2, 0.25) is 5.02 Å². The third-order valence-corrected chi connectivity index (χ3v) is 6.19. The van der Waals surface area contributed by atoms with Crippen molar-refractivity contribution in [1.82, 2.24) is 20.1 Å². The lowest BCUT2D eigenvalue weighted by Gasteiger charge is -2.22. The average molecular weight is 441 g/mol. The number of benzene rings is 1. The predicted molar refractivity (Wildman–Crippen MR) is 112 cm³/mol. The Bertz CT molecular complexity index is 842. The second kappa shape index (κ2) is 10.3. The molecule has 2 aromatic rings. The van der Waals surface area contributed by atoms with Crippen LogP contribution < -0.4 is 10.1 Å². The molecule has 1 amide bonds. The van der Waals surface area contributed by atoms with Crippen molar-refractivity contribution in [3.8, 4) is 5.75 Å². The summed E-state index contributed by atoms with van der Waals surface area (Å²) in [6.45, 7) is 4.45. The molecule has 0 saturated heterocycles. The minimum atomic E-state index is -0.434. The van der Waals surface area contributed by atoms with Crippen LogP contribution in [-0.2, 0) is 11.3 Å². The zero-order valence-electron chi connectivity index (χ0n) is 16.7. The molecule has 9 heteroatoms. The predicted octanol–water partition coefficient (Wildman–Crippen LogP) is 4.77. The zero-order valence-corrected chi connectivity index (χ0v) is 18.2. The van der Waals surface area contributed by atoms with Gasteiger partial charge in [-0.3, -0.25) is 4.79 Å². The first-order valence-electron chi connectivity index (χ1n) is 9.95. The smallest absolute Gasteiger partial charge is 0.230 e. The molecule has 3 rings (SSSR count). The van der Waals surface area contributed by atoms with Crippen LogP contribution in [0, 0.1) is 5.82 Å². The topological polar surface area (TPSA) is 69.0 Å². The van der Waals surface area contributed by atoms with Crippen molar-refractivity contribution in [2.24, 2.45) is 0 Å². The van der Waals surface area contributed by atoms with E-state index < -0.39 is 11.9 Å². The Morgan fingerprint density at radius 1 is 1.38 bits per heavy atom. The quantitative estimate of drug-likeness (QED) is 0.598. The van der Waals surface area contributed by atoms with E-state index in [0.717, 1.165) is 12.8 Å². The lowest BCUT2D eigenvalue weighted by atomic mass is 9.95. The van der Waals surface area contributed by atoms with Gasteiger partial charge in [0, 0.05) is 12.6 Å². The fourth-order valence-corrected chi connectivity index (χ4v) is 4.50.